The quantitative estimate of drug-likeness (QED) is 0.833. The lowest BCUT2D eigenvalue weighted by Gasteiger charge is -2.43. The summed E-state index contributed by atoms with van der Waals surface area (Å²) in [5.41, 5.74) is 0. The molecule has 4 fully saturated rings. The molecule has 1 N–H and O–H groups in total. The van der Waals surface area contributed by atoms with Crippen molar-refractivity contribution in [1.82, 2.24) is 10.2 Å². The molecule has 0 aromatic rings. The molecule has 5 unspecified atom stereocenters. The van der Waals surface area contributed by atoms with E-state index in [2.05, 4.69) is 24.1 Å². The van der Waals surface area contributed by atoms with Crippen molar-refractivity contribution in [3.05, 3.63) is 0 Å². The van der Waals surface area contributed by atoms with Gasteiger partial charge in [-0.05, 0) is 68.1 Å². The van der Waals surface area contributed by atoms with Crippen molar-refractivity contribution in [2.24, 2.45) is 29.6 Å². The molecule has 21 heavy (non-hydrogen) atoms. The van der Waals surface area contributed by atoms with Crippen molar-refractivity contribution >= 4 is 0 Å². The van der Waals surface area contributed by atoms with E-state index in [1.165, 1.54) is 38.9 Å². The predicted molar refractivity (Wildman–Crippen MR) is 88.3 cm³/mol. The van der Waals surface area contributed by atoms with E-state index in [1.807, 2.05) is 0 Å². The number of nitrogens with zero attached hydrogens (tertiary/aromatic N) is 1. The first-order chi connectivity index (χ1) is 10.2. The van der Waals surface area contributed by atoms with Gasteiger partial charge in [-0.25, -0.2) is 0 Å². The molecule has 1 aliphatic heterocycles. The number of hydrogen-bond donors (Lipinski definition) is 1. The molecule has 120 valence electrons. The lowest BCUT2D eigenvalue weighted by molar-refractivity contribution is 0.0778. The van der Waals surface area contributed by atoms with Gasteiger partial charge in [-0.1, -0.05) is 20.3 Å². The zero-order valence-corrected chi connectivity index (χ0v) is 14.1. The van der Waals surface area contributed by atoms with Gasteiger partial charge in [-0.15, -0.1) is 0 Å². The van der Waals surface area contributed by atoms with Crippen LogP contribution in [0, 0.1) is 29.6 Å². The second-order valence-electron chi connectivity index (χ2n) is 9.03. The molecule has 5 atom stereocenters. The highest BCUT2D eigenvalue weighted by Crippen LogP contribution is 2.49. The highest BCUT2D eigenvalue weighted by atomic mass is 15.2. The lowest BCUT2D eigenvalue weighted by atomic mass is 9.87. The molecule has 0 spiro atoms. The second kappa shape index (κ2) is 5.85. The summed E-state index contributed by atoms with van der Waals surface area (Å²) in [4.78, 5) is 2.94. The van der Waals surface area contributed by atoms with Crippen molar-refractivity contribution in [3.63, 3.8) is 0 Å². The Hall–Kier alpha value is -0.0800. The van der Waals surface area contributed by atoms with E-state index < -0.39 is 0 Å². The molecule has 1 heterocycles. The number of hydrogen-bond acceptors (Lipinski definition) is 2. The number of nitrogens with one attached hydrogen (secondary N) is 1. The smallest absolute Gasteiger partial charge is 0.0249 e. The van der Waals surface area contributed by atoms with Crippen LogP contribution >= 0.6 is 0 Å². The Morgan fingerprint density at radius 1 is 1.05 bits per heavy atom. The summed E-state index contributed by atoms with van der Waals surface area (Å²) in [6.07, 6.45) is 10.6. The Labute approximate surface area is 131 Å². The molecule has 0 aromatic carbocycles. The van der Waals surface area contributed by atoms with Crippen LogP contribution in [0.5, 0.6) is 0 Å². The number of piperazine rings is 1. The van der Waals surface area contributed by atoms with Crippen molar-refractivity contribution in [1.29, 1.82) is 0 Å². The predicted octanol–water partition coefficient (Wildman–Crippen LogP) is 3.52. The Kier molecular flexibility index (Phi) is 4.04. The summed E-state index contributed by atoms with van der Waals surface area (Å²) in [5.74, 6) is 5.09. The minimum absolute atomic E-state index is 0.749. The van der Waals surface area contributed by atoms with E-state index in [4.69, 9.17) is 0 Å². The first-order valence-electron chi connectivity index (χ1n) is 9.66. The molecule has 3 aliphatic carbocycles. The Morgan fingerprint density at radius 3 is 2.48 bits per heavy atom. The van der Waals surface area contributed by atoms with Gasteiger partial charge in [0.2, 0.25) is 0 Å². The van der Waals surface area contributed by atoms with E-state index in [0.29, 0.717) is 0 Å². The van der Waals surface area contributed by atoms with Crippen LogP contribution in [0.1, 0.15) is 58.8 Å². The van der Waals surface area contributed by atoms with Crippen LogP contribution in [-0.4, -0.2) is 36.6 Å². The Morgan fingerprint density at radius 2 is 1.86 bits per heavy atom. The first-order valence-corrected chi connectivity index (χ1v) is 9.66. The molecular formula is C19H34N2. The van der Waals surface area contributed by atoms with Gasteiger partial charge in [0, 0.05) is 31.7 Å². The molecule has 1 saturated heterocycles. The minimum Gasteiger partial charge on any atom is -0.311 e. The van der Waals surface area contributed by atoms with Crippen LogP contribution in [0.4, 0.5) is 0 Å². The molecule has 0 aromatic heterocycles. The molecule has 0 amide bonds. The van der Waals surface area contributed by atoms with Crippen LogP contribution < -0.4 is 5.32 Å². The standard InChI is InChI=1S/C19H34N2/c1-13(2)7-18-12-21(19(10-20-18)15-5-6-15)11-17-9-14-3-4-16(17)8-14/h13-20H,3-12H2,1-2H3. The third-order valence-corrected chi connectivity index (χ3v) is 6.82. The number of fused-ring (bicyclic) bond motifs is 2. The van der Waals surface area contributed by atoms with Crippen LogP contribution in [0.3, 0.4) is 0 Å². The Balaban J connectivity index is 1.38. The maximum Gasteiger partial charge on any atom is 0.0249 e. The van der Waals surface area contributed by atoms with Gasteiger partial charge in [0.05, 0.1) is 0 Å². The van der Waals surface area contributed by atoms with Crippen molar-refractivity contribution < 1.29 is 0 Å². The van der Waals surface area contributed by atoms with Gasteiger partial charge in [-0.3, -0.25) is 4.90 Å². The Bertz CT molecular complexity index is 363. The topological polar surface area (TPSA) is 15.3 Å². The van der Waals surface area contributed by atoms with E-state index >= 15 is 0 Å². The molecule has 0 radical (unpaired) electrons. The van der Waals surface area contributed by atoms with E-state index in [-0.39, 0.29) is 0 Å². The third-order valence-electron chi connectivity index (χ3n) is 6.82. The molecule has 2 bridgehead atoms. The van der Waals surface area contributed by atoms with E-state index in [0.717, 1.165) is 41.7 Å². The monoisotopic (exact) mass is 290 g/mol. The summed E-state index contributed by atoms with van der Waals surface area (Å²) in [5, 5.41) is 3.87. The average Bonchev–Trinajstić information content (AvgIpc) is 3.07. The maximum atomic E-state index is 3.87. The molecule has 3 saturated carbocycles. The highest BCUT2D eigenvalue weighted by Gasteiger charge is 2.44. The lowest BCUT2D eigenvalue weighted by Crippen LogP contribution is -2.58. The normalized spacial score (nSPS) is 43.9. The summed E-state index contributed by atoms with van der Waals surface area (Å²) < 4.78 is 0. The van der Waals surface area contributed by atoms with Gasteiger partial charge in [0.1, 0.15) is 0 Å². The second-order valence-corrected chi connectivity index (χ2v) is 9.03. The van der Waals surface area contributed by atoms with E-state index in [1.54, 1.807) is 25.7 Å². The largest absolute Gasteiger partial charge is 0.311 e. The third kappa shape index (κ3) is 3.17. The van der Waals surface area contributed by atoms with Crippen LogP contribution in [0.2, 0.25) is 0 Å². The van der Waals surface area contributed by atoms with Gasteiger partial charge in [-0.2, -0.15) is 0 Å². The molecule has 4 rings (SSSR count). The van der Waals surface area contributed by atoms with Crippen LogP contribution in [0.25, 0.3) is 0 Å². The zero-order valence-electron chi connectivity index (χ0n) is 14.1. The highest BCUT2D eigenvalue weighted by molar-refractivity contribution is 4.98. The van der Waals surface area contributed by atoms with E-state index in [9.17, 15) is 0 Å². The first kappa shape index (κ1) is 14.5. The molecule has 4 aliphatic rings. The van der Waals surface area contributed by atoms with Crippen LogP contribution in [0.15, 0.2) is 0 Å². The summed E-state index contributed by atoms with van der Waals surface area (Å²) >= 11 is 0. The summed E-state index contributed by atoms with van der Waals surface area (Å²) in [6.45, 7) is 8.76. The average molecular weight is 290 g/mol. The SMILES string of the molecule is CC(C)CC1CN(CC2CC3CCC2C3)C(C2CC2)CN1. The minimum atomic E-state index is 0.749. The van der Waals surface area contributed by atoms with Gasteiger partial charge in [0.25, 0.3) is 0 Å². The zero-order chi connectivity index (χ0) is 14.4. The fraction of sp³-hybridized carbons (Fsp3) is 1.00. The van der Waals surface area contributed by atoms with Crippen molar-refractivity contribution in [2.75, 3.05) is 19.6 Å². The fourth-order valence-corrected chi connectivity index (χ4v) is 5.68. The van der Waals surface area contributed by atoms with Crippen LogP contribution in [-0.2, 0) is 0 Å². The molecule has 2 heteroatoms. The number of rotatable bonds is 5. The molecular weight excluding hydrogens is 256 g/mol. The van der Waals surface area contributed by atoms with Gasteiger partial charge in [0.15, 0.2) is 0 Å². The fourth-order valence-electron chi connectivity index (χ4n) is 5.68. The van der Waals surface area contributed by atoms with Gasteiger partial charge < -0.3 is 5.32 Å². The van der Waals surface area contributed by atoms with Crippen molar-refractivity contribution in [2.45, 2.75) is 70.9 Å². The van der Waals surface area contributed by atoms with Gasteiger partial charge >= 0.3 is 0 Å². The summed E-state index contributed by atoms with van der Waals surface area (Å²) in [7, 11) is 0. The maximum absolute atomic E-state index is 3.87. The summed E-state index contributed by atoms with van der Waals surface area (Å²) in [6, 6.07) is 1.62. The molecule has 2 nitrogen and oxygen atoms in total. The van der Waals surface area contributed by atoms with Crippen molar-refractivity contribution in [3.8, 4) is 0 Å².